The van der Waals surface area contributed by atoms with Crippen molar-refractivity contribution in [1.82, 2.24) is 9.62 Å². The zero-order valence-electron chi connectivity index (χ0n) is 18.2. The van der Waals surface area contributed by atoms with E-state index in [4.69, 9.17) is 5.26 Å². The van der Waals surface area contributed by atoms with Crippen LogP contribution in [-0.2, 0) is 32.7 Å². The number of halogens is 3. The summed E-state index contributed by atoms with van der Waals surface area (Å²) in [5, 5.41) is 11.7. The van der Waals surface area contributed by atoms with Gasteiger partial charge in [-0.25, -0.2) is 8.42 Å². The standard InChI is InChI=1S/C23H24F3N3O4S/c24-23(25,26)16-33-15-19-3-1-18(2-4-19)14-28-22(30)20-9-11-29(12-10-20)34(31,32)21-7-5-17(13-27)6-8-21/h1-8,20H,9-12,14-16H2,(H,28,30). The lowest BCUT2D eigenvalue weighted by Gasteiger charge is -2.30. The summed E-state index contributed by atoms with van der Waals surface area (Å²) in [6.07, 6.45) is -3.60. The number of amides is 1. The third-order valence-corrected chi connectivity index (χ3v) is 7.38. The predicted molar refractivity (Wildman–Crippen MR) is 117 cm³/mol. The largest absolute Gasteiger partial charge is 0.411 e. The number of sulfonamides is 1. The first-order chi connectivity index (χ1) is 16.1. The lowest BCUT2D eigenvalue weighted by molar-refractivity contribution is -0.176. The number of piperidine rings is 1. The number of carbonyl (C=O) groups excluding carboxylic acids is 1. The number of rotatable bonds is 8. The van der Waals surface area contributed by atoms with E-state index in [9.17, 15) is 26.4 Å². The van der Waals surface area contributed by atoms with Crippen molar-refractivity contribution >= 4 is 15.9 Å². The van der Waals surface area contributed by atoms with Crippen LogP contribution < -0.4 is 5.32 Å². The maximum absolute atomic E-state index is 12.8. The molecule has 1 N–H and O–H groups in total. The summed E-state index contributed by atoms with van der Waals surface area (Å²) in [6.45, 7) is -0.777. The number of benzene rings is 2. The summed E-state index contributed by atoms with van der Waals surface area (Å²) in [5.74, 6) is -0.490. The minimum Gasteiger partial charge on any atom is -0.367 e. The van der Waals surface area contributed by atoms with Gasteiger partial charge in [-0.3, -0.25) is 4.79 Å². The van der Waals surface area contributed by atoms with Crippen LogP contribution >= 0.6 is 0 Å². The Balaban J connectivity index is 1.45. The number of nitrogens with one attached hydrogen (secondary N) is 1. The van der Waals surface area contributed by atoms with Gasteiger partial charge in [0.2, 0.25) is 15.9 Å². The van der Waals surface area contributed by atoms with Gasteiger partial charge in [-0.15, -0.1) is 0 Å². The van der Waals surface area contributed by atoms with E-state index in [1.54, 1.807) is 24.3 Å². The highest BCUT2D eigenvalue weighted by molar-refractivity contribution is 7.89. The zero-order valence-corrected chi connectivity index (χ0v) is 19.0. The normalized spacial score (nSPS) is 15.6. The Morgan fingerprint density at radius 1 is 1.06 bits per heavy atom. The molecular formula is C23H24F3N3O4S. The molecule has 34 heavy (non-hydrogen) atoms. The Labute approximate surface area is 196 Å². The van der Waals surface area contributed by atoms with Gasteiger partial charge >= 0.3 is 6.18 Å². The Morgan fingerprint density at radius 2 is 1.65 bits per heavy atom. The fourth-order valence-corrected chi connectivity index (χ4v) is 5.05. The maximum atomic E-state index is 12.8. The van der Waals surface area contributed by atoms with Crippen LogP contribution in [0.2, 0.25) is 0 Å². The van der Waals surface area contributed by atoms with E-state index in [1.807, 2.05) is 6.07 Å². The van der Waals surface area contributed by atoms with E-state index in [0.29, 0.717) is 24.0 Å². The molecule has 0 unspecified atom stereocenters. The van der Waals surface area contributed by atoms with Crippen LogP contribution in [0.5, 0.6) is 0 Å². The Morgan fingerprint density at radius 3 is 2.21 bits per heavy atom. The summed E-state index contributed by atoms with van der Waals surface area (Å²) in [5.41, 5.74) is 1.75. The van der Waals surface area contributed by atoms with E-state index in [0.717, 1.165) is 5.56 Å². The summed E-state index contributed by atoms with van der Waals surface area (Å²) >= 11 is 0. The molecule has 2 aromatic rings. The molecule has 1 heterocycles. The highest BCUT2D eigenvalue weighted by Crippen LogP contribution is 2.24. The molecule has 1 amide bonds. The second-order valence-corrected chi connectivity index (χ2v) is 9.89. The second-order valence-electron chi connectivity index (χ2n) is 7.96. The molecule has 182 valence electrons. The first kappa shape index (κ1) is 25.7. The average molecular weight is 496 g/mol. The molecule has 0 spiro atoms. The van der Waals surface area contributed by atoms with E-state index >= 15 is 0 Å². The van der Waals surface area contributed by atoms with Crippen molar-refractivity contribution in [2.75, 3.05) is 19.7 Å². The Hall–Kier alpha value is -2.94. The molecule has 0 aromatic heterocycles. The van der Waals surface area contributed by atoms with Crippen molar-refractivity contribution in [3.63, 3.8) is 0 Å². The minimum absolute atomic E-state index is 0.113. The van der Waals surface area contributed by atoms with Crippen molar-refractivity contribution in [2.24, 2.45) is 5.92 Å². The van der Waals surface area contributed by atoms with Crippen molar-refractivity contribution in [1.29, 1.82) is 5.26 Å². The first-order valence-corrected chi connectivity index (χ1v) is 12.0. The Kier molecular flexibility index (Phi) is 8.30. The topological polar surface area (TPSA) is 99.5 Å². The van der Waals surface area contributed by atoms with Crippen LogP contribution in [0.4, 0.5) is 13.2 Å². The number of hydrogen-bond acceptors (Lipinski definition) is 5. The molecule has 1 aliphatic heterocycles. The number of alkyl halides is 3. The molecule has 11 heteroatoms. The molecular weight excluding hydrogens is 471 g/mol. The highest BCUT2D eigenvalue weighted by Gasteiger charge is 2.32. The Bertz CT molecular complexity index is 1120. The van der Waals surface area contributed by atoms with Crippen LogP contribution in [0.3, 0.4) is 0 Å². The predicted octanol–water partition coefficient (Wildman–Crippen LogP) is 3.35. The summed E-state index contributed by atoms with van der Waals surface area (Å²) in [7, 11) is -3.69. The lowest BCUT2D eigenvalue weighted by atomic mass is 9.97. The van der Waals surface area contributed by atoms with Gasteiger partial charge in [-0.2, -0.15) is 22.7 Å². The number of carbonyl (C=O) groups is 1. The van der Waals surface area contributed by atoms with Crippen molar-refractivity contribution in [3.05, 3.63) is 65.2 Å². The van der Waals surface area contributed by atoms with Crippen LogP contribution in [0.15, 0.2) is 53.4 Å². The number of hydrogen-bond donors (Lipinski definition) is 1. The van der Waals surface area contributed by atoms with Crippen LogP contribution in [0.25, 0.3) is 0 Å². The van der Waals surface area contributed by atoms with E-state index in [2.05, 4.69) is 10.1 Å². The first-order valence-electron chi connectivity index (χ1n) is 10.6. The highest BCUT2D eigenvalue weighted by atomic mass is 32.2. The number of ether oxygens (including phenoxy) is 1. The monoisotopic (exact) mass is 495 g/mol. The lowest BCUT2D eigenvalue weighted by Crippen LogP contribution is -2.42. The zero-order chi connectivity index (χ0) is 24.8. The van der Waals surface area contributed by atoms with Crippen molar-refractivity contribution in [2.45, 2.75) is 37.1 Å². The SMILES string of the molecule is N#Cc1ccc(S(=O)(=O)N2CCC(C(=O)NCc3ccc(COCC(F)(F)F)cc3)CC2)cc1. The van der Waals surface area contributed by atoms with Gasteiger partial charge in [0.1, 0.15) is 6.61 Å². The van der Waals surface area contributed by atoms with Gasteiger partial charge in [0.15, 0.2) is 0 Å². The van der Waals surface area contributed by atoms with Gasteiger partial charge < -0.3 is 10.1 Å². The fourth-order valence-electron chi connectivity index (χ4n) is 3.58. The molecule has 1 aliphatic rings. The molecule has 0 saturated carbocycles. The molecule has 0 bridgehead atoms. The smallest absolute Gasteiger partial charge is 0.367 e. The molecule has 1 saturated heterocycles. The van der Waals surface area contributed by atoms with Crippen LogP contribution in [-0.4, -0.2) is 44.5 Å². The summed E-state index contributed by atoms with van der Waals surface area (Å²) in [6, 6.07) is 14.4. The minimum atomic E-state index is -4.37. The third-order valence-electron chi connectivity index (χ3n) is 5.47. The molecule has 0 aliphatic carbocycles. The van der Waals surface area contributed by atoms with E-state index in [1.165, 1.54) is 28.6 Å². The fraction of sp³-hybridized carbons (Fsp3) is 0.391. The quantitative estimate of drug-likeness (QED) is 0.606. The summed E-state index contributed by atoms with van der Waals surface area (Å²) < 4.78 is 67.9. The molecule has 3 rings (SSSR count). The van der Waals surface area contributed by atoms with Crippen LogP contribution in [0, 0.1) is 17.2 Å². The van der Waals surface area contributed by atoms with Crippen LogP contribution in [0.1, 0.15) is 29.5 Å². The van der Waals surface area contributed by atoms with E-state index in [-0.39, 0.29) is 43.0 Å². The average Bonchev–Trinajstić information content (AvgIpc) is 2.82. The summed E-state index contributed by atoms with van der Waals surface area (Å²) in [4.78, 5) is 12.6. The van der Waals surface area contributed by atoms with E-state index < -0.39 is 22.8 Å². The van der Waals surface area contributed by atoms with Crippen molar-refractivity contribution < 1.29 is 31.1 Å². The van der Waals surface area contributed by atoms with Gasteiger partial charge in [-0.05, 0) is 48.2 Å². The molecule has 7 nitrogen and oxygen atoms in total. The third kappa shape index (κ3) is 7.03. The molecule has 2 aromatic carbocycles. The van der Waals surface area contributed by atoms with Crippen molar-refractivity contribution in [3.8, 4) is 6.07 Å². The molecule has 0 radical (unpaired) electrons. The number of nitriles is 1. The van der Waals surface area contributed by atoms with Gasteiger partial charge in [-0.1, -0.05) is 24.3 Å². The maximum Gasteiger partial charge on any atom is 0.411 e. The number of nitrogens with zero attached hydrogens (tertiary/aromatic N) is 2. The van der Waals surface area contributed by atoms with Gasteiger partial charge in [0.25, 0.3) is 0 Å². The molecule has 0 atom stereocenters. The van der Waals surface area contributed by atoms with Gasteiger partial charge in [0, 0.05) is 25.6 Å². The second kappa shape index (κ2) is 11.0. The van der Waals surface area contributed by atoms with Gasteiger partial charge in [0.05, 0.1) is 23.1 Å². The molecule has 1 fully saturated rings.